The van der Waals surface area contributed by atoms with Crippen LogP contribution < -0.4 is 9.32 Å². The second-order valence-corrected chi connectivity index (χ2v) is 3.65. The summed E-state index contributed by atoms with van der Waals surface area (Å²) >= 11 is 0. The molecule has 0 radical (unpaired) electrons. The van der Waals surface area contributed by atoms with Crippen LogP contribution in [0, 0.1) is 13.8 Å². The van der Waals surface area contributed by atoms with Gasteiger partial charge in [0.25, 0.3) is 0 Å². The van der Waals surface area contributed by atoms with Crippen molar-refractivity contribution in [2.75, 3.05) is 0 Å². The summed E-state index contributed by atoms with van der Waals surface area (Å²) in [5.74, 6) is 0.275. The van der Waals surface area contributed by atoms with Gasteiger partial charge in [-0.2, -0.15) is 13.6 Å². The highest BCUT2D eigenvalue weighted by atomic mass is 32.2. The number of nitrogens with one attached hydrogen (secondary N) is 1. The Morgan fingerprint density at radius 3 is 2.42 bits per heavy atom. The summed E-state index contributed by atoms with van der Waals surface area (Å²) in [6, 6.07) is 0. The molecule has 0 aliphatic carbocycles. The first-order valence-electron chi connectivity index (χ1n) is 3.27. The Morgan fingerprint density at radius 1 is 1.50 bits per heavy atom. The van der Waals surface area contributed by atoms with Crippen molar-refractivity contribution in [1.82, 2.24) is 4.98 Å². The highest BCUT2D eigenvalue weighted by Gasteiger charge is 2.11. The van der Waals surface area contributed by atoms with Crippen LogP contribution in [0.25, 0.3) is 0 Å². The van der Waals surface area contributed by atoms with Crippen LogP contribution >= 0.6 is 0 Å². The number of aryl methyl sites for hydroxylation is 2. The van der Waals surface area contributed by atoms with E-state index in [-0.39, 0.29) is 5.75 Å². The van der Waals surface area contributed by atoms with Gasteiger partial charge in [0, 0.05) is 11.8 Å². The molecule has 1 aromatic heterocycles. The van der Waals surface area contributed by atoms with Gasteiger partial charge in [-0.3, -0.25) is 0 Å². The van der Waals surface area contributed by atoms with Crippen LogP contribution in [0.5, 0.6) is 5.75 Å². The summed E-state index contributed by atoms with van der Waals surface area (Å²) in [5, 5.41) is 4.70. The van der Waals surface area contributed by atoms with Gasteiger partial charge >= 0.3 is 10.3 Å². The van der Waals surface area contributed by atoms with E-state index in [2.05, 4.69) is 9.17 Å². The predicted molar refractivity (Wildman–Crippen MR) is 44.0 cm³/mol. The predicted octanol–water partition coefficient (Wildman–Crippen LogP) is 0.214. The molecule has 1 heterocycles. The van der Waals surface area contributed by atoms with Crippen molar-refractivity contribution >= 4 is 10.3 Å². The Kier molecular flexibility index (Phi) is 2.12. The molecule has 68 valence electrons. The first-order chi connectivity index (χ1) is 5.40. The summed E-state index contributed by atoms with van der Waals surface area (Å²) < 4.78 is 25.6. The Hall–Kier alpha value is -1.01. The minimum absolute atomic E-state index is 0.275. The van der Waals surface area contributed by atoms with E-state index in [4.69, 9.17) is 5.14 Å². The van der Waals surface area contributed by atoms with Crippen LogP contribution in [-0.2, 0) is 10.3 Å². The molecular weight excluding hydrogens is 180 g/mol. The number of nitrogens with two attached hydrogens (primary N) is 1. The summed E-state index contributed by atoms with van der Waals surface area (Å²) in [6.07, 6.45) is 1.65. The second kappa shape index (κ2) is 2.80. The first kappa shape index (κ1) is 9.08. The largest absolute Gasteiger partial charge is 0.380 e. The summed E-state index contributed by atoms with van der Waals surface area (Å²) in [6.45, 7) is 3.43. The Balaban J connectivity index is 3.04. The lowest BCUT2D eigenvalue weighted by Gasteiger charge is -2.01. The first-order valence-corrected chi connectivity index (χ1v) is 4.74. The lowest BCUT2D eigenvalue weighted by Crippen LogP contribution is -2.19. The third-order valence-corrected chi connectivity index (χ3v) is 1.80. The Labute approximate surface area is 70.8 Å². The molecule has 0 aromatic carbocycles. The molecule has 0 aliphatic rings. The van der Waals surface area contributed by atoms with Crippen LogP contribution in [0.2, 0.25) is 0 Å². The van der Waals surface area contributed by atoms with E-state index >= 15 is 0 Å². The van der Waals surface area contributed by atoms with E-state index in [0.29, 0.717) is 11.3 Å². The zero-order valence-corrected chi connectivity index (χ0v) is 7.60. The second-order valence-electron chi connectivity index (χ2n) is 2.50. The van der Waals surface area contributed by atoms with Gasteiger partial charge in [-0.05, 0) is 13.8 Å². The average molecular weight is 190 g/mol. The van der Waals surface area contributed by atoms with Gasteiger partial charge in [-0.15, -0.1) is 0 Å². The maximum atomic E-state index is 10.5. The molecule has 0 saturated carbocycles. The van der Waals surface area contributed by atoms with Crippen LogP contribution in [0.1, 0.15) is 11.3 Å². The van der Waals surface area contributed by atoms with Crippen LogP contribution in [0.15, 0.2) is 6.20 Å². The Morgan fingerprint density at radius 2 is 2.08 bits per heavy atom. The van der Waals surface area contributed by atoms with Crippen LogP contribution in [0.4, 0.5) is 0 Å². The van der Waals surface area contributed by atoms with Crippen LogP contribution in [0.3, 0.4) is 0 Å². The molecule has 0 aliphatic heterocycles. The molecule has 0 bridgehead atoms. The number of aromatic nitrogens is 1. The summed E-state index contributed by atoms with van der Waals surface area (Å²) in [7, 11) is -3.91. The monoisotopic (exact) mass is 190 g/mol. The molecule has 12 heavy (non-hydrogen) atoms. The number of aromatic amines is 1. The van der Waals surface area contributed by atoms with E-state index in [1.54, 1.807) is 20.0 Å². The molecule has 0 fully saturated rings. The van der Waals surface area contributed by atoms with Crippen molar-refractivity contribution in [3.05, 3.63) is 17.5 Å². The normalized spacial score (nSPS) is 11.6. The minimum Gasteiger partial charge on any atom is -0.369 e. The minimum atomic E-state index is -3.91. The van der Waals surface area contributed by atoms with Gasteiger partial charge in [-0.25, -0.2) is 0 Å². The van der Waals surface area contributed by atoms with E-state index < -0.39 is 10.3 Å². The molecule has 0 atom stereocenters. The zero-order chi connectivity index (χ0) is 9.35. The molecule has 0 saturated heterocycles. The fourth-order valence-electron chi connectivity index (χ4n) is 0.888. The van der Waals surface area contributed by atoms with Gasteiger partial charge in [0.1, 0.15) is 0 Å². The van der Waals surface area contributed by atoms with Crippen molar-refractivity contribution in [1.29, 1.82) is 0 Å². The lowest BCUT2D eigenvalue weighted by atomic mass is 10.3. The van der Waals surface area contributed by atoms with Gasteiger partial charge in [0.15, 0.2) is 5.75 Å². The quantitative estimate of drug-likeness (QED) is 0.699. The number of hydrogen-bond donors (Lipinski definition) is 2. The third-order valence-electron chi connectivity index (χ3n) is 1.40. The lowest BCUT2D eigenvalue weighted by molar-refractivity contribution is 0.484. The highest BCUT2D eigenvalue weighted by molar-refractivity contribution is 7.84. The van der Waals surface area contributed by atoms with Crippen molar-refractivity contribution < 1.29 is 12.6 Å². The fraction of sp³-hybridized carbons (Fsp3) is 0.333. The average Bonchev–Trinajstić information content (AvgIpc) is 2.16. The molecule has 0 amide bonds. The SMILES string of the molecule is Cc1c[nH]c(C)c1OS(N)(=O)=O. The summed E-state index contributed by atoms with van der Waals surface area (Å²) in [5.41, 5.74) is 1.35. The fourth-order valence-corrected chi connectivity index (χ4v) is 1.38. The van der Waals surface area contributed by atoms with Crippen molar-refractivity contribution in [2.24, 2.45) is 5.14 Å². The van der Waals surface area contributed by atoms with Crippen molar-refractivity contribution in [3.8, 4) is 5.75 Å². The zero-order valence-electron chi connectivity index (χ0n) is 6.79. The Bertz CT molecular complexity index is 360. The van der Waals surface area contributed by atoms with Gasteiger partial charge < -0.3 is 9.17 Å². The van der Waals surface area contributed by atoms with Gasteiger partial charge in [0.05, 0.1) is 5.69 Å². The molecule has 1 aromatic rings. The summed E-state index contributed by atoms with van der Waals surface area (Å²) in [4.78, 5) is 2.81. The standard InChI is InChI=1S/C6H10N2O3S/c1-4-3-8-5(2)6(4)11-12(7,9)10/h3,8H,1-2H3,(H2,7,9,10). The number of H-pyrrole nitrogens is 1. The maximum absolute atomic E-state index is 10.5. The van der Waals surface area contributed by atoms with E-state index in [1.807, 2.05) is 0 Å². The molecular formula is C6H10N2O3S. The maximum Gasteiger partial charge on any atom is 0.380 e. The van der Waals surface area contributed by atoms with Crippen molar-refractivity contribution in [2.45, 2.75) is 13.8 Å². The topological polar surface area (TPSA) is 85.2 Å². The number of rotatable bonds is 2. The number of hydrogen-bond acceptors (Lipinski definition) is 3. The van der Waals surface area contributed by atoms with Crippen LogP contribution in [-0.4, -0.2) is 13.4 Å². The molecule has 6 heteroatoms. The molecule has 1 rings (SSSR count). The van der Waals surface area contributed by atoms with E-state index in [0.717, 1.165) is 0 Å². The van der Waals surface area contributed by atoms with E-state index in [1.165, 1.54) is 0 Å². The van der Waals surface area contributed by atoms with E-state index in [9.17, 15) is 8.42 Å². The van der Waals surface area contributed by atoms with Gasteiger partial charge in [-0.1, -0.05) is 0 Å². The highest BCUT2D eigenvalue weighted by Crippen LogP contribution is 2.22. The molecule has 0 unspecified atom stereocenters. The van der Waals surface area contributed by atoms with Crippen molar-refractivity contribution in [3.63, 3.8) is 0 Å². The third kappa shape index (κ3) is 1.99. The molecule has 3 N–H and O–H groups in total. The van der Waals surface area contributed by atoms with Gasteiger partial charge in [0.2, 0.25) is 0 Å². The molecule has 0 spiro atoms. The smallest absolute Gasteiger partial charge is 0.369 e. The molecule has 5 nitrogen and oxygen atoms in total.